The smallest absolute Gasteiger partial charge is 0.264 e. The Balaban J connectivity index is 2.04. The Morgan fingerprint density at radius 1 is 1.04 bits per heavy atom. The summed E-state index contributed by atoms with van der Waals surface area (Å²) in [4.78, 5) is 12.7. The maximum atomic E-state index is 12.7. The number of hydrogen-bond donors (Lipinski definition) is 1. The molecule has 0 fully saturated rings. The van der Waals surface area contributed by atoms with Crippen LogP contribution in [0, 0.1) is 11.3 Å². The Labute approximate surface area is 179 Å². The molecule has 148 valence electrons. The number of benzene rings is 2. The Morgan fingerprint density at radius 2 is 1.64 bits per heavy atom. The first kappa shape index (κ1) is 22.2. The molecule has 0 spiro atoms. The highest BCUT2D eigenvalue weighted by molar-refractivity contribution is 6.42. The minimum absolute atomic E-state index is 0.0930. The van der Waals surface area contributed by atoms with E-state index in [1.807, 2.05) is 0 Å². The normalized spacial score (nSPS) is 13.2. The first-order valence-electron chi connectivity index (χ1n) is 8.31. The second kappa shape index (κ2) is 8.91. The summed E-state index contributed by atoms with van der Waals surface area (Å²) in [5.41, 5.74) is -2.51. The highest BCUT2D eigenvalue weighted by Gasteiger charge is 2.36. The molecule has 2 aromatic rings. The molecule has 8 heteroatoms. The third kappa shape index (κ3) is 5.93. The predicted molar refractivity (Wildman–Crippen MR) is 110 cm³/mol. The molecule has 0 radical (unpaired) electrons. The third-order valence-corrected chi connectivity index (χ3v) is 4.78. The molecule has 0 aliphatic rings. The van der Waals surface area contributed by atoms with Crippen molar-refractivity contribution in [1.29, 1.82) is 5.26 Å². The molecular weight excluding hydrogens is 423 g/mol. The van der Waals surface area contributed by atoms with Gasteiger partial charge in [0.2, 0.25) is 0 Å². The van der Waals surface area contributed by atoms with Crippen molar-refractivity contribution in [3.63, 3.8) is 0 Å². The lowest BCUT2D eigenvalue weighted by molar-refractivity contribution is -0.135. The molecule has 1 atom stereocenters. The highest BCUT2D eigenvalue weighted by atomic mass is 35.5. The number of nitrogens with one attached hydrogen (secondary N) is 1. The van der Waals surface area contributed by atoms with Crippen LogP contribution in [0.4, 0.5) is 0 Å². The second-order valence-corrected chi connectivity index (χ2v) is 8.08. The molecule has 0 heterocycles. The van der Waals surface area contributed by atoms with Gasteiger partial charge in [-0.25, -0.2) is 0 Å². The summed E-state index contributed by atoms with van der Waals surface area (Å²) >= 11 is 17.7. The molecule has 0 aromatic heterocycles. The quantitative estimate of drug-likeness (QED) is 0.634. The van der Waals surface area contributed by atoms with Crippen molar-refractivity contribution in [3.8, 4) is 17.6 Å². The van der Waals surface area contributed by atoms with Gasteiger partial charge >= 0.3 is 0 Å². The molecule has 1 unspecified atom stereocenters. The van der Waals surface area contributed by atoms with E-state index in [9.17, 15) is 10.1 Å². The van der Waals surface area contributed by atoms with Crippen molar-refractivity contribution >= 4 is 40.7 Å². The molecule has 28 heavy (non-hydrogen) atoms. The van der Waals surface area contributed by atoms with Crippen LogP contribution in [0.15, 0.2) is 42.5 Å². The fourth-order valence-corrected chi connectivity index (χ4v) is 2.55. The van der Waals surface area contributed by atoms with Crippen LogP contribution in [0.5, 0.6) is 11.5 Å². The summed E-state index contributed by atoms with van der Waals surface area (Å²) in [6, 6.07) is 13.5. The van der Waals surface area contributed by atoms with Crippen LogP contribution in [0.25, 0.3) is 0 Å². The van der Waals surface area contributed by atoms with Crippen molar-refractivity contribution in [1.82, 2.24) is 5.32 Å². The lowest BCUT2D eigenvalue weighted by Crippen LogP contribution is -2.57. The third-order valence-electron chi connectivity index (χ3n) is 3.79. The predicted octanol–water partition coefficient (Wildman–Crippen LogP) is 5.28. The summed E-state index contributed by atoms with van der Waals surface area (Å²) in [6.45, 7) is 4.67. The largest absolute Gasteiger partial charge is 0.490 e. The van der Waals surface area contributed by atoms with E-state index >= 15 is 0 Å². The van der Waals surface area contributed by atoms with Crippen LogP contribution < -0.4 is 14.8 Å². The SMILES string of the molecule is CC(C#N)(COc1ccc(Cl)c(Cl)c1)NC(=O)C(C)(C)Oc1ccc(Cl)cc1. The van der Waals surface area contributed by atoms with Crippen molar-refractivity contribution < 1.29 is 14.3 Å². The topological polar surface area (TPSA) is 71.3 Å². The monoisotopic (exact) mass is 440 g/mol. The van der Waals surface area contributed by atoms with Gasteiger partial charge in [-0.15, -0.1) is 0 Å². The lowest BCUT2D eigenvalue weighted by Gasteiger charge is -2.30. The maximum Gasteiger partial charge on any atom is 0.264 e. The van der Waals surface area contributed by atoms with Crippen molar-refractivity contribution in [2.45, 2.75) is 31.9 Å². The molecule has 2 rings (SSSR count). The van der Waals surface area contributed by atoms with Crippen LogP contribution >= 0.6 is 34.8 Å². The zero-order chi connectivity index (χ0) is 20.9. The average molecular weight is 442 g/mol. The number of nitriles is 1. The minimum Gasteiger partial charge on any atom is -0.490 e. The van der Waals surface area contributed by atoms with Crippen LogP contribution in [-0.2, 0) is 4.79 Å². The number of halogens is 3. The molecule has 5 nitrogen and oxygen atoms in total. The molecule has 0 saturated heterocycles. The minimum atomic E-state index is -1.29. The van der Waals surface area contributed by atoms with Crippen molar-refractivity contribution in [3.05, 3.63) is 57.5 Å². The van der Waals surface area contributed by atoms with E-state index in [-0.39, 0.29) is 6.61 Å². The van der Waals surface area contributed by atoms with Crippen LogP contribution in [-0.4, -0.2) is 23.7 Å². The number of carbonyl (C=O) groups is 1. The van der Waals surface area contributed by atoms with E-state index in [1.54, 1.807) is 57.2 Å². The summed E-state index contributed by atoms with van der Waals surface area (Å²) in [5, 5.41) is 13.5. The van der Waals surface area contributed by atoms with E-state index in [1.165, 1.54) is 6.07 Å². The van der Waals surface area contributed by atoms with E-state index in [0.717, 1.165) is 0 Å². The fraction of sp³-hybridized carbons (Fsp3) is 0.300. The van der Waals surface area contributed by atoms with Crippen LogP contribution in [0.3, 0.4) is 0 Å². The van der Waals surface area contributed by atoms with Gasteiger partial charge in [0, 0.05) is 11.1 Å². The molecule has 0 saturated carbocycles. The standard InChI is InChI=1S/C20H19Cl3N2O3/c1-19(2,28-14-6-4-13(21)5-7-14)18(26)25-20(3,11-24)12-27-15-8-9-16(22)17(23)10-15/h4-10H,12H2,1-3H3,(H,25,26). The van der Waals surface area contributed by atoms with Gasteiger partial charge in [-0.1, -0.05) is 34.8 Å². The number of ether oxygens (including phenoxy) is 2. The highest BCUT2D eigenvalue weighted by Crippen LogP contribution is 2.27. The Bertz CT molecular complexity index is 895. The van der Waals surface area contributed by atoms with Gasteiger partial charge in [0.05, 0.1) is 16.1 Å². The first-order valence-corrected chi connectivity index (χ1v) is 9.44. The van der Waals surface area contributed by atoms with Gasteiger partial charge in [0.25, 0.3) is 5.91 Å². The van der Waals surface area contributed by atoms with Gasteiger partial charge in [-0.05, 0) is 57.2 Å². The van der Waals surface area contributed by atoms with Gasteiger partial charge in [0.15, 0.2) is 11.1 Å². The Kier molecular flexibility index (Phi) is 7.06. The van der Waals surface area contributed by atoms with Crippen molar-refractivity contribution in [2.24, 2.45) is 0 Å². The molecule has 0 bridgehead atoms. The van der Waals surface area contributed by atoms with Crippen LogP contribution in [0.2, 0.25) is 15.1 Å². The van der Waals surface area contributed by atoms with E-state index in [0.29, 0.717) is 26.6 Å². The molecule has 2 aromatic carbocycles. The van der Waals surface area contributed by atoms with E-state index in [4.69, 9.17) is 44.3 Å². The molecule has 1 amide bonds. The van der Waals surface area contributed by atoms with Crippen LogP contribution in [0.1, 0.15) is 20.8 Å². The number of rotatable bonds is 7. The Hall–Kier alpha value is -2.13. The fourth-order valence-electron chi connectivity index (χ4n) is 2.14. The van der Waals surface area contributed by atoms with Crippen molar-refractivity contribution in [2.75, 3.05) is 6.61 Å². The van der Waals surface area contributed by atoms with E-state index in [2.05, 4.69) is 11.4 Å². The summed E-state index contributed by atoms with van der Waals surface area (Å²) in [7, 11) is 0. The average Bonchev–Trinajstić information content (AvgIpc) is 2.64. The van der Waals surface area contributed by atoms with Gasteiger partial charge in [0.1, 0.15) is 18.1 Å². The Morgan fingerprint density at radius 3 is 2.21 bits per heavy atom. The summed E-state index contributed by atoms with van der Waals surface area (Å²) < 4.78 is 11.4. The molecule has 0 aliphatic carbocycles. The van der Waals surface area contributed by atoms with E-state index < -0.39 is 17.0 Å². The zero-order valence-electron chi connectivity index (χ0n) is 15.6. The second-order valence-electron chi connectivity index (χ2n) is 6.83. The number of carbonyl (C=O) groups excluding carboxylic acids is 1. The number of nitrogens with zero attached hydrogens (tertiary/aromatic N) is 1. The zero-order valence-corrected chi connectivity index (χ0v) is 17.8. The van der Waals surface area contributed by atoms with Gasteiger partial charge in [-0.3, -0.25) is 4.79 Å². The lowest BCUT2D eigenvalue weighted by atomic mass is 10.0. The number of hydrogen-bond acceptors (Lipinski definition) is 4. The number of amides is 1. The molecular formula is C20H19Cl3N2O3. The first-order chi connectivity index (χ1) is 13.0. The molecule has 1 N–H and O–H groups in total. The van der Waals surface area contributed by atoms with Gasteiger partial charge in [-0.2, -0.15) is 5.26 Å². The van der Waals surface area contributed by atoms with Gasteiger partial charge < -0.3 is 14.8 Å². The molecule has 0 aliphatic heterocycles. The summed E-state index contributed by atoms with van der Waals surface area (Å²) in [5.74, 6) is 0.446. The summed E-state index contributed by atoms with van der Waals surface area (Å²) in [6.07, 6.45) is 0. The maximum absolute atomic E-state index is 12.7.